The van der Waals surface area contributed by atoms with E-state index in [9.17, 15) is 4.79 Å². The van der Waals surface area contributed by atoms with E-state index in [1.165, 1.54) is 17.4 Å². The summed E-state index contributed by atoms with van der Waals surface area (Å²) in [7, 11) is 0. The highest BCUT2D eigenvalue weighted by Gasteiger charge is 2.30. The molecule has 1 aromatic carbocycles. The summed E-state index contributed by atoms with van der Waals surface area (Å²) in [5, 5.41) is 15.0. The number of benzene rings is 1. The molecule has 0 radical (unpaired) electrons. The first-order valence-electron chi connectivity index (χ1n) is 8.73. The summed E-state index contributed by atoms with van der Waals surface area (Å²) < 4.78 is 5.47. The standard InChI is InChI=1S/C20H18ClN5O2/c1-14(5-4-10-28-19-13-23-15(11-22)12-24-19)20(27)26-18(8-9-25-26)16-6-2-3-7-17(16)21/h2-3,6-7,9,12-13,18H,1,4-5,8,10H2. The SMILES string of the molecule is C=C(CCCOc1cnc(C#N)cn1)C(=O)N1N=CCC1c1ccccc1Cl. The van der Waals surface area contributed by atoms with Gasteiger partial charge in [0.2, 0.25) is 5.88 Å². The van der Waals surface area contributed by atoms with E-state index in [4.69, 9.17) is 21.6 Å². The molecule has 1 amide bonds. The molecule has 1 atom stereocenters. The van der Waals surface area contributed by atoms with Gasteiger partial charge in [0.05, 0.1) is 25.0 Å². The zero-order valence-corrected chi connectivity index (χ0v) is 15.8. The van der Waals surface area contributed by atoms with Gasteiger partial charge in [-0.3, -0.25) is 4.79 Å². The Hall–Kier alpha value is -3.24. The lowest BCUT2D eigenvalue weighted by molar-refractivity contribution is -0.129. The van der Waals surface area contributed by atoms with Crippen LogP contribution in [0.25, 0.3) is 0 Å². The number of aromatic nitrogens is 2. The quantitative estimate of drug-likeness (QED) is 0.526. The van der Waals surface area contributed by atoms with E-state index in [1.54, 1.807) is 12.3 Å². The minimum atomic E-state index is -0.225. The van der Waals surface area contributed by atoms with E-state index in [0.717, 1.165) is 5.56 Å². The Morgan fingerprint density at radius 3 is 2.89 bits per heavy atom. The number of amides is 1. The first kappa shape index (κ1) is 19.5. The van der Waals surface area contributed by atoms with Crippen LogP contribution in [0.5, 0.6) is 5.88 Å². The second kappa shape index (κ2) is 9.11. The van der Waals surface area contributed by atoms with E-state index in [0.29, 0.717) is 42.3 Å². The molecule has 7 nitrogen and oxygen atoms in total. The summed E-state index contributed by atoms with van der Waals surface area (Å²) in [5.74, 6) is 0.107. The average molecular weight is 396 g/mol. The molecule has 2 aromatic rings. The minimum Gasteiger partial charge on any atom is -0.477 e. The van der Waals surface area contributed by atoms with Crippen LogP contribution >= 0.6 is 11.6 Å². The van der Waals surface area contributed by atoms with Gasteiger partial charge in [0, 0.05) is 23.2 Å². The highest BCUT2D eigenvalue weighted by atomic mass is 35.5. The van der Waals surface area contributed by atoms with Crippen LogP contribution in [0.3, 0.4) is 0 Å². The molecule has 1 aliphatic heterocycles. The monoisotopic (exact) mass is 395 g/mol. The molecule has 0 bridgehead atoms. The van der Waals surface area contributed by atoms with Crippen molar-refractivity contribution in [3.05, 3.63) is 65.1 Å². The lowest BCUT2D eigenvalue weighted by Crippen LogP contribution is -2.28. The molecule has 0 N–H and O–H groups in total. The number of hydrogen-bond acceptors (Lipinski definition) is 6. The normalized spacial score (nSPS) is 15.3. The Kier molecular flexibility index (Phi) is 6.35. The summed E-state index contributed by atoms with van der Waals surface area (Å²) >= 11 is 6.27. The van der Waals surface area contributed by atoms with Gasteiger partial charge < -0.3 is 4.74 Å². The number of ether oxygens (including phenoxy) is 1. The zero-order valence-electron chi connectivity index (χ0n) is 15.1. The molecular weight excluding hydrogens is 378 g/mol. The lowest BCUT2D eigenvalue weighted by Gasteiger charge is -2.23. The molecule has 1 aromatic heterocycles. The van der Waals surface area contributed by atoms with Gasteiger partial charge in [0.1, 0.15) is 6.07 Å². The average Bonchev–Trinajstić information content (AvgIpc) is 3.20. The molecule has 8 heteroatoms. The predicted molar refractivity (Wildman–Crippen MR) is 105 cm³/mol. The second-order valence-corrected chi connectivity index (χ2v) is 6.54. The molecule has 0 saturated heterocycles. The Morgan fingerprint density at radius 2 is 2.18 bits per heavy atom. The number of halogens is 1. The van der Waals surface area contributed by atoms with Gasteiger partial charge in [-0.2, -0.15) is 10.4 Å². The number of rotatable bonds is 7. The number of nitriles is 1. The zero-order chi connectivity index (χ0) is 19.9. The van der Waals surface area contributed by atoms with Gasteiger partial charge >= 0.3 is 0 Å². The molecule has 0 fully saturated rings. The third-order valence-electron chi connectivity index (χ3n) is 4.22. The van der Waals surface area contributed by atoms with Crippen molar-refractivity contribution in [1.82, 2.24) is 15.0 Å². The van der Waals surface area contributed by atoms with Crippen molar-refractivity contribution in [2.24, 2.45) is 5.10 Å². The van der Waals surface area contributed by atoms with E-state index in [2.05, 4.69) is 21.6 Å². The summed E-state index contributed by atoms with van der Waals surface area (Å²) in [4.78, 5) is 20.6. The summed E-state index contributed by atoms with van der Waals surface area (Å²) in [6.07, 6.45) is 6.11. The Labute approximate surface area is 167 Å². The third kappa shape index (κ3) is 4.53. The highest BCUT2D eigenvalue weighted by Crippen LogP contribution is 2.33. The van der Waals surface area contributed by atoms with Crippen molar-refractivity contribution in [3.8, 4) is 11.9 Å². The van der Waals surface area contributed by atoms with Crippen molar-refractivity contribution in [3.63, 3.8) is 0 Å². The van der Waals surface area contributed by atoms with Crippen LogP contribution in [0.1, 0.15) is 36.6 Å². The number of carbonyl (C=O) groups is 1. The minimum absolute atomic E-state index is 0.219. The fraction of sp³-hybridized carbons (Fsp3) is 0.250. The van der Waals surface area contributed by atoms with Gasteiger partial charge in [0.15, 0.2) is 5.69 Å². The number of carbonyl (C=O) groups excluding carboxylic acids is 1. The Balaban J connectivity index is 1.51. The number of nitrogens with zero attached hydrogens (tertiary/aromatic N) is 5. The fourth-order valence-corrected chi connectivity index (χ4v) is 3.05. The first-order chi connectivity index (χ1) is 13.6. The number of hydrazone groups is 1. The molecular formula is C20H18ClN5O2. The maximum Gasteiger partial charge on any atom is 0.269 e. The molecule has 0 aliphatic carbocycles. The maximum absolute atomic E-state index is 12.8. The third-order valence-corrected chi connectivity index (χ3v) is 4.56. The van der Waals surface area contributed by atoms with Crippen molar-refractivity contribution >= 4 is 23.7 Å². The highest BCUT2D eigenvalue weighted by molar-refractivity contribution is 6.31. The van der Waals surface area contributed by atoms with Crippen molar-refractivity contribution in [2.75, 3.05) is 6.61 Å². The van der Waals surface area contributed by atoms with Crippen molar-refractivity contribution in [2.45, 2.75) is 25.3 Å². The summed E-state index contributed by atoms with van der Waals surface area (Å²) in [6, 6.07) is 9.12. The van der Waals surface area contributed by atoms with Crippen LogP contribution in [0.15, 0.2) is 53.9 Å². The van der Waals surface area contributed by atoms with Crippen LogP contribution in [0.4, 0.5) is 0 Å². The van der Waals surface area contributed by atoms with Gasteiger partial charge in [0.25, 0.3) is 5.91 Å². The Morgan fingerprint density at radius 1 is 1.36 bits per heavy atom. The molecule has 1 unspecified atom stereocenters. The van der Waals surface area contributed by atoms with Crippen LogP contribution in [0.2, 0.25) is 5.02 Å². The van der Waals surface area contributed by atoms with E-state index < -0.39 is 0 Å². The van der Waals surface area contributed by atoms with Crippen LogP contribution < -0.4 is 4.74 Å². The molecule has 2 heterocycles. The predicted octanol–water partition coefficient (Wildman–Crippen LogP) is 3.68. The van der Waals surface area contributed by atoms with Crippen molar-refractivity contribution in [1.29, 1.82) is 5.26 Å². The fourth-order valence-electron chi connectivity index (χ4n) is 2.79. The Bertz CT molecular complexity index is 936. The first-order valence-corrected chi connectivity index (χ1v) is 9.11. The second-order valence-electron chi connectivity index (χ2n) is 6.13. The van der Waals surface area contributed by atoms with Gasteiger partial charge in [-0.1, -0.05) is 36.4 Å². The van der Waals surface area contributed by atoms with E-state index in [1.807, 2.05) is 24.3 Å². The van der Waals surface area contributed by atoms with Gasteiger partial charge in [-0.25, -0.2) is 15.0 Å². The summed E-state index contributed by atoms with van der Waals surface area (Å²) in [6.45, 7) is 4.25. The molecule has 142 valence electrons. The number of hydrogen-bond donors (Lipinski definition) is 0. The lowest BCUT2D eigenvalue weighted by atomic mass is 10.0. The van der Waals surface area contributed by atoms with Gasteiger partial charge in [-0.05, 0) is 24.5 Å². The summed E-state index contributed by atoms with van der Waals surface area (Å²) in [5.41, 5.74) is 1.54. The maximum atomic E-state index is 12.8. The molecule has 1 aliphatic rings. The van der Waals surface area contributed by atoms with E-state index >= 15 is 0 Å². The largest absolute Gasteiger partial charge is 0.477 e. The van der Waals surface area contributed by atoms with Crippen LogP contribution in [-0.4, -0.2) is 33.7 Å². The molecule has 28 heavy (non-hydrogen) atoms. The molecule has 0 spiro atoms. The van der Waals surface area contributed by atoms with Gasteiger partial charge in [-0.15, -0.1) is 0 Å². The topological polar surface area (TPSA) is 91.5 Å². The van der Waals surface area contributed by atoms with Crippen LogP contribution in [0, 0.1) is 11.3 Å². The smallest absolute Gasteiger partial charge is 0.269 e. The molecule has 0 saturated carbocycles. The van der Waals surface area contributed by atoms with Crippen LogP contribution in [-0.2, 0) is 4.79 Å². The van der Waals surface area contributed by atoms with Crippen molar-refractivity contribution < 1.29 is 9.53 Å². The van der Waals surface area contributed by atoms with E-state index in [-0.39, 0.29) is 17.6 Å². The molecule has 3 rings (SSSR count).